The topological polar surface area (TPSA) is 97.4 Å². The first-order valence-corrected chi connectivity index (χ1v) is 6.39. The molecule has 9 heteroatoms. The van der Waals surface area contributed by atoms with Gasteiger partial charge in [0.2, 0.25) is 0 Å². The van der Waals surface area contributed by atoms with Crippen LogP contribution in [0.5, 0.6) is 0 Å². The van der Waals surface area contributed by atoms with Crippen molar-refractivity contribution >= 4 is 5.69 Å². The monoisotopic (exact) mass is 311 g/mol. The van der Waals surface area contributed by atoms with Gasteiger partial charge in [0, 0.05) is 18.7 Å². The van der Waals surface area contributed by atoms with E-state index < -0.39 is 17.4 Å². The molecule has 1 aromatic heterocycles. The van der Waals surface area contributed by atoms with E-state index >= 15 is 0 Å². The summed E-state index contributed by atoms with van der Waals surface area (Å²) in [6.45, 7) is 0.243. The van der Waals surface area contributed by atoms with Crippen molar-refractivity contribution in [1.29, 1.82) is 5.26 Å². The normalized spacial score (nSPS) is 11.2. The molecule has 0 aliphatic carbocycles. The number of hydrogen-bond donors (Lipinski definition) is 3. The number of nitrogens with zero attached hydrogens (tertiary/aromatic N) is 2. The van der Waals surface area contributed by atoms with Crippen LogP contribution in [0.15, 0.2) is 23.0 Å². The molecule has 6 nitrogen and oxygen atoms in total. The summed E-state index contributed by atoms with van der Waals surface area (Å²) in [5.41, 5.74) is -1.24. The molecule has 0 atom stereocenters. The number of aromatic amines is 2. The van der Waals surface area contributed by atoms with Crippen LogP contribution >= 0.6 is 0 Å². The van der Waals surface area contributed by atoms with Crippen LogP contribution in [0.2, 0.25) is 0 Å². The molecule has 0 aliphatic heterocycles. The SMILES string of the molecule is N#Cc1ccc(C(F)(F)F)c(NCCCc2n[nH]c(=O)[nH]2)c1. The summed E-state index contributed by atoms with van der Waals surface area (Å²) in [5.74, 6) is 0.439. The van der Waals surface area contributed by atoms with Crippen LogP contribution in [-0.2, 0) is 12.6 Å². The van der Waals surface area contributed by atoms with Crippen LogP contribution in [-0.4, -0.2) is 21.7 Å². The molecule has 0 saturated carbocycles. The quantitative estimate of drug-likeness (QED) is 0.736. The Morgan fingerprint density at radius 3 is 2.73 bits per heavy atom. The summed E-state index contributed by atoms with van der Waals surface area (Å²) in [4.78, 5) is 13.3. The number of nitriles is 1. The third-order valence-corrected chi connectivity index (χ3v) is 2.91. The lowest BCUT2D eigenvalue weighted by Crippen LogP contribution is -2.12. The van der Waals surface area contributed by atoms with Crippen molar-refractivity contribution in [3.05, 3.63) is 45.6 Å². The highest BCUT2D eigenvalue weighted by atomic mass is 19.4. The molecule has 0 spiro atoms. The average Bonchev–Trinajstić information content (AvgIpc) is 2.88. The number of aromatic nitrogens is 3. The number of aryl methyl sites for hydroxylation is 1. The first kappa shape index (κ1) is 15.6. The van der Waals surface area contributed by atoms with Crippen molar-refractivity contribution in [2.45, 2.75) is 19.0 Å². The van der Waals surface area contributed by atoms with Gasteiger partial charge in [0.15, 0.2) is 0 Å². The van der Waals surface area contributed by atoms with Gasteiger partial charge < -0.3 is 5.32 Å². The second-order valence-electron chi connectivity index (χ2n) is 4.52. The van der Waals surface area contributed by atoms with Gasteiger partial charge >= 0.3 is 11.9 Å². The summed E-state index contributed by atoms with van der Waals surface area (Å²) in [6.07, 6.45) is -3.62. The van der Waals surface area contributed by atoms with Crippen LogP contribution < -0.4 is 11.0 Å². The van der Waals surface area contributed by atoms with E-state index in [0.717, 1.165) is 12.1 Å². The van der Waals surface area contributed by atoms with E-state index in [0.29, 0.717) is 18.7 Å². The van der Waals surface area contributed by atoms with Gasteiger partial charge in [0.1, 0.15) is 5.82 Å². The van der Waals surface area contributed by atoms with Gasteiger partial charge in [0.25, 0.3) is 0 Å². The molecule has 0 unspecified atom stereocenters. The van der Waals surface area contributed by atoms with Gasteiger partial charge in [-0.15, -0.1) is 0 Å². The third kappa shape index (κ3) is 3.88. The Morgan fingerprint density at radius 1 is 1.36 bits per heavy atom. The Balaban J connectivity index is 2.02. The fourth-order valence-corrected chi connectivity index (χ4v) is 1.91. The number of alkyl halides is 3. The maximum Gasteiger partial charge on any atom is 0.418 e. The van der Waals surface area contributed by atoms with Crippen molar-refractivity contribution < 1.29 is 13.2 Å². The highest BCUT2D eigenvalue weighted by molar-refractivity contribution is 5.56. The van der Waals surface area contributed by atoms with Gasteiger partial charge in [-0.2, -0.15) is 23.5 Å². The summed E-state index contributed by atoms with van der Waals surface area (Å²) in [7, 11) is 0. The molecule has 3 N–H and O–H groups in total. The van der Waals surface area contributed by atoms with Crippen LogP contribution in [0, 0.1) is 11.3 Å². The highest BCUT2D eigenvalue weighted by Gasteiger charge is 2.33. The van der Waals surface area contributed by atoms with E-state index in [1.54, 1.807) is 6.07 Å². The lowest BCUT2D eigenvalue weighted by Gasteiger charge is -2.14. The summed E-state index contributed by atoms with van der Waals surface area (Å²) < 4.78 is 38.7. The molecule has 0 radical (unpaired) electrons. The zero-order chi connectivity index (χ0) is 16.2. The van der Waals surface area contributed by atoms with Crippen LogP contribution in [0.4, 0.5) is 18.9 Å². The zero-order valence-corrected chi connectivity index (χ0v) is 11.3. The van der Waals surface area contributed by atoms with Crippen LogP contribution in [0.25, 0.3) is 0 Å². The Hall–Kier alpha value is -2.76. The minimum Gasteiger partial charge on any atom is -0.385 e. The number of benzene rings is 1. The Labute approximate surface area is 123 Å². The fourth-order valence-electron chi connectivity index (χ4n) is 1.91. The number of rotatable bonds is 5. The van der Waals surface area contributed by atoms with Crippen molar-refractivity contribution in [1.82, 2.24) is 15.2 Å². The van der Waals surface area contributed by atoms with Gasteiger partial charge in [0.05, 0.1) is 17.2 Å². The summed E-state index contributed by atoms with van der Waals surface area (Å²) in [6, 6.07) is 4.98. The van der Waals surface area contributed by atoms with Crippen molar-refractivity contribution in [3.8, 4) is 6.07 Å². The largest absolute Gasteiger partial charge is 0.418 e. The van der Waals surface area contributed by atoms with Crippen LogP contribution in [0.1, 0.15) is 23.4 Å². The van der Waals surface area contributed by atoms with E-state index in [1.807, 2.05) is 0 Å². The smallest absolute Gasteiger partial charge is 0.385 e. The molecular formula is C13H12F3N5O. The molecule has 2 rings (SSSR count). The van der Waals surface area contributed by atoms with Crippen molar-refractivity contribution in [2.75, 3.05) is 11.9 Å². The minimum absolute atomic E-state index is 0.137. The lowest BCUT2D eigenvalue weighted by atomic mass is 10.1. The first-order chi connectivity index (χ1) is 10.4. The lowest BCUT2D eigenvalue weighted by molar-refractivity contribution is -0.136. The predicted octanol–water partition coefficient (Wildman–Crippen LogP) is 2.03. The van der Waals surface area contributed by atoms with Gasteiger partial charge in [-0.25, -0.2) is 9.89 Å². The Kier molecular flexibility index (Phi) is 4.50. The van der Waals surface area contributed by atoms with Crippen molar-refractivity contribution in [2.24, 2.45) is 0 Å². The summed E-state index contributed by atoms with van der Waals surface area (Å²) in [5, 5.41) is 17.3. The van der Waals surface area contributed by atoms with E-state index in [1.165, 1.54) is 6.07 Å². The van der Waals surface area contributed by atoms with Gasteiger partial charge in [-0.1, -0.05) is 0 Å². The maximum absolute atomic E-state index is 12.9. The molecule has 116 valence electrons. The number of anilines is 1. The maximum atomic E-state index is 12.9. The first-order valence-electron chi connectivity index (χ1n) is 6.39. The minimum atomic E-state index is -4.50. The highest BCUT2D eigenvalue weighted by Crippen LogP contribution is 2.35. The number of hydrogen-bond acceptors (Lipinski definition) is 4. The number of H-pyrrole nitrogens is 2. The van der Waals surface area contributed by atoms with E-state index in [9.17, 15) is 18.0 Å². The molecule has 0 aliphatic rings. The van der Waals surface area contributed by atoms with E-state index in [-0.39, 0.29) is 17.8 Å². The fraction of sp³-hybridized carbons (Fsp3) is 0.308. The van der Waals surface area contributed by atoms with Crippen molar-refractivity contribution in [3.63, 3.8) is 0 Å². The molecule has 0 amide bonds. The second-order valence-corrected chi connectivity index (χ2v) is 4.52. The molecule has 1 aromatic carbocycles. The predicted molar refractivity (Wildman–Crippen MR) is 72.2 cm³/mol. The average molecular weight is 311 g/mol. The molecule has 0 fully saturated rings. The Bertz CT molecular complexity index is 741. The second kappa shape index (κ2) is 6.34. The number of halogens is 3. The van der Waals surface area contributed by atoms with Crippen LogP contribution in [0.3, 0.4) is 0 Å². The van der Waals surface area contributed by atoms with E-state index in [2.05, 4.69) is 20.5 Å². The third-order valence-electron chi connectivity index (χ3n) is 2.91. The molecule has 22 heavy (non-hydrogen) atoms. The zero-order valence-electron chi connectivity index (χ0n) is 11.3. The standard InChI is InChI=1S/C13H12F3N5O/c14-13(15,16)9-4-3-8(7-17)6-10(9)18-5-1-2-11-19-12(22)21-20-11/h3-4,6,18H,1-2,5H2,(H2,19,20,21,22). The van der Waals surface area contributed by atoms with Gasteiger partial charge in [-0.3, -0.25) is 4.98 Å². The molecule has 0 bridgehead atoms. The Morgan fingerprint density at radius 2 is 2.14 bits per heavy atom. The molecule has 1 heterocycles. The molecule has 0 saturated heterocycles. The summed E-state index contributed by atoms with van der Waals surface area (Å²) >= 11 is 0. The number of nitrogens with one attached hydrogen (secondary N) is 3. The molecule has 2 aromatic rings. The van der Waals surface area contributed by atoms with E-state index in [4.69, 9.17) is 5.26 Å². The van der Waals surface area contributed by atoms with Gasteiger partial charge in [-0.05, 0) is 24.6 Å². The molecular weight excluding hydrogens is 299 g/mol.